The van der Waals surface area contributed by atoms with E-state index in [0.29, 0.717) is 24.7 Å². The van der Waals surface area contributed by atoms with Crippen molar-refractivity contribution in [3.05, 3.63) is 23.3 Å². The largest absolute Gasteiger partial charge is 0.438 e. The second-order valence-electron chi connectivity index (χ2n) is 13.7. The van der Waals surface area contributed by atoms with Crippen LogP contribution >= 0.6 is 0 Å². The van der Waals surface area contributed by atoms with Gasteiger partial charge in [-0.3, -0.25) is 4.79 Å². The SMILES string of the molecule is CC1=CC23C(=O)[C@@H](C=C4COC(C)(C)O[C@H]4[C@]2(O)[C@H]1OC(=O)N(C)C1CCOCC1)[C@H]1[C@@H](CC3C)C1(C)C. The van der Waals surface area contributed by atoms with Crippen molar-refractivity contribution < 1.29 is 33.6 Å². The molecule has 8 nitrogen and oxygen atoms in total. The lowest BCUT2D eigenvalue weighted by Gasteiger charge is -2.52. The summed E-state index contributed by atoms with van der Waals surface area (Å²) >= 11 is 0. The van der Waals surface area contributed by atoms with E-state index in [0.717, 1.165) is 24.8 Å². The molecule has 2 aliphatic heterocycles. The van der Waals surface area contributed by atoms with Crippen LogP contribution in [0.3, 0.4) is 0 Å². The molecule has 1 spiro atoms. The molecule has 4 aliphatic carbocycles. The van der Waals surface area contributed by atoms with Crippen LogP contribution in [0.4, 0.5) is 4.79 Å². The van der Waals surface area contributed by atoms with Crippen LogP contribution in [0.2, 0.25) is 0 Å². The van der Waals surface area contributed by atoms with Gasteiger partial charge in [-0.1, -0.05) is 32.9 Å². The molecule has 8 heteroatoms. The minimum Gasteiger partial charge on any atom is -0.438 e. The smallest absolute Gasteiger partial charge is 0.410 e. The molecule has 38 heavy (non-hydrogen) atoms. The third-order valence-electron chi connectivity index (χ3n) is 10.9. The van der Waals surface area contributed by atoms with E-state index >= 15 is 0 Å². The number of allylic oxidation sites excluding steroid dienone is 1. The number of Topliss-reactive ketones (excluding diaryl/α,β-unsaturated/α-hetero) is 1. The Morgan fingerprint density at radius 1 is 1.18 bits per heavy atom. The van der Waals surface area contributed by atoms with Gasteiger partial charge in [-0.15, -0.1) is 0 Å². The molecule has 2 saturated heterocycles. The molecule has 2 unspecified atom stereocenters. The number of hydrogen-bond acceptors (Lipinski definition) is 7. The quantitative estimate of drug-likeness (QED) is 0.543. The van der Waals surface area contributed by atoms with E-state index in [4.69, 9.17) is 18.9 Å². The van der Waals surface area contributed by atoms with Gasteiger partial charge in [-0.2, -0.15) is 0 Å². The molecule has 2 heterocycles. The van der Waals surface area contributed by atoms with E-state index in [1.807, 2.05) is 32.9 Å². The van der Waals surface area contributed by atoms with Gasteiger partial charge in [0.2, 0.25) is 0 Å². The summed E-state index contributed by atoms with van der Waals surface area (Å²) in [5.41, 5.74) is -1.50. The Morgan fingerprint density at radius 3 is 2.55 bits per heavy atom. The zero-order valence-electron chi connectivity index (χ0n) is 23.8. The average molecular weight is 530 g/mol. The molecule has 0 aromatic heterocycles. The van der Waals surface area contributed by atoms with Crippen molar-refractivity contribution in [1.29, 1.82) is 0 Å². The molecule has 8 atom stereocenters. The topological polar surface area (TPSA) is 94.5 Å². The maximum atomic E-state index is 14.7. The van der Waals surface area contributed by atoms with Crippen LogP contribution in [-0.2, 0) is 23.7 Å². The van der Waals surface area contributed by atoms with E-state index in [1.165, 1.54) is 0 Å². The van der Waals surface area contributed by atoms with E-state index in [-0.39, 0.29) is 41.6 Å². The molecule has 210 valence electrons. The molecular weight excluding hydrogens is 486 g/mol. The number of ether oxygens (including phenoxy) is 4. The van der Waals surface area contributed by atoms with E-state index in [1.54, 1.807) is 11.9 Å². The van der Waals surface area contributed by atoms with E-state index in [2.05, 4.69) is 20.8 Å². The number of ketones is 1. The summed E-state index contributed by atoms with van der Waals surface area (Å²) in [6.45, 7) is 13.5. The van der Waals surface area contributed by atoms with Gasteiger partial charge in [-0.25, -0.2) is 4.79 Å². The molecule has 6 rings (SSSR count). The van der Waals surface area contributed by atoms with Gasteiger partial charge in [0.15, 0.2) is 23.3 Å². The summed E-state index contributed by atoms with van der Waals surface area (Å²) in [6, 6.07) is 0.00514. The van der Waals surface area contributed by atoms with Crippen molar-refractivity contribution in [1.82, 2.24) is 4.90 Å². The van der Waals surface area contributed by atoms with Crippen LogP contribution in [0.1, 0.15) is 60.8 Å². The van der Waals surface area contributed by atoms with Gasteiger partial charge < -0.3 is 29.0 Å². The minimum atomic E-state index is -1.79. The third kappa shape index (κ3) is 3.42. The van der Waals surface area contributed by atoms with Crippen LogP contribution in [0.15, 0.2) is 23.3 Å². The molecule has 4 fully saturated rings. The molecule has 6 aliphatic rings. The number of carbonyl (C=O) groups is 2. The number of hydrogen-bond donors (Lipinski definition) is 1. The lowest BCUT2D eigenvalue weighted by atomic mass is 9.59. The first-order chi connectivity index (χ1) is 17.8. The summed E-state index contributed by atoms with van der Waals surface area (Å²) in [7, 11) is 1.74. The number of amides is 1. The van der Waals surface area contributed by atoms with Crippen LogP contribution in [0.25, 0.3) is 0 Å². The summed E-state index contributed by atoms with van der Waals surface area (Å²) in [5.74, 6) is -0.857. The fourth-order valence-electron chi connectivity index (χ4n) is 8.71. The Bertz CT molecular complexity index is 1100. The molecule has 1 amide bonds. The summed E-state index contributed by atoms with van der Waals surface area (Å²) in [4.78, 5) is 29.9. The molecule has 2 bridgehead atoms. The fraction of sp³-hybridized carbons (Fsp3) is 0.800. The lowest BCUT2D eigenvalue weighted by Crippen LogP contribution is -2.68. The fourth-order valence-corrected chi connectivity index (χ4v) is 8.71. The van der Waals surface area contributed by atoms with Crippen LogP contribution in [0, 0.1) is 34.5 Å². The Kier molecular flexibility index (Phi) is 5.84. The van der Waals surface area contributed by atoms with Gasteiger partial charge in [0, 0.05) is 32.2 Å². The molecule has 0 radical (unpaired) electrons. The maximum Gasteiger partial charge on any atom is 0.410 e. The lowest BCUT2D eigenvalue weighted by molar-refractivity contribution is -0.303. The first-order valence-corrected chi connectivity index (χ1v) is 14.3. The Hall–Kier alpha value is -1.74. The van der Waals surface area contributed by atoms with Crippen molar-refractivity contribution in [3.63, 3.8) is 0 Å². The van der Waals surface area contributed by atoms with Crippen molar-refractivity contribution in [3.8, 4) is 0 Å². The standard InChI is InChI=1S/C30H43NO7/c1-16-14-29-17(2)12-21-22(27(21,3)4)20(23(29)32)13-18-15-36-28(5,6)38-25(18)30(29,34)24(16)37-26(33)31(7)19-8-10-35-11-9-19/h13-14,17,19-22,24-25,34H,8-12,15H2,1-7H3/t17?,20-,21+,22-,24-,25+,29?,30+/m0/s1. The zero-order valence-corrected chi connectivity index (χ0v) is 23.8. The Balaban J connectivity index is 1.45. The van der Waals surface area contributed by atoms with E-state index in [9.17, 15) is 14.7 Å². The first-order valence-electron chi connectivity index (χ1n) is 14.3. The highest BCUT2D eigenvalue weighted by Crippen LogP contribution is 2.72. The number of rotatable bonds is 2. The maximum absolute atomic E-state index is 14.7. The van der Waals surface area contributed by atoms with Gasteiger partial charge >= 0.3 is 6.09 Å². The number of aliphatic hydroxyl groups is 1. The van der Waals surface area contributed by atoms with Gasteiger partial charge in [0.1, 0.15) is 6.10 Å². The first kappa shape index (κ1) is 26.5. The second kappa shape index (κ2) is 8.38. The summed E-state index contributed by atoms with van der Waals surface area (Å²) < 4.78 is 24.2. The highest BCUT2D eigenvalue weighted by atomic mass is 16.7. The van der Waals surface area contributed by atoms with Crippen molar-refractivity contribution in [2.24, 2.45) is 34.5 Å². The minimum absolute atomic E-state index is 0.00514. The van der Waals surface area contributed by atoms with Crippen molar-refractivity contribution in [2.45, 2.75) is 90.4 Å². The Morgan fingerprint density at radius 2 is 1.87 bits per heavy atom. The highest BCUT2D eigenvalue weighted by molar-refractivity contribution is 5.95. The summed E-state index contributed by atoms with van der Waals surface area (Å²) in [6.07, 6.45) is 3.88. The second-order valence-corrected chi connectivity index (χ2v) is 13.7. The number of carbonyl (C=O) groups excluding carboxylic acids is 2. The van der Waals surface area contributed by atoms with Crippen LogP contribution in [0.5, 0.6) is 0 Å². The van der Waals surface area contributed by atoms with Gasteiger partial charge in [0.25, 0.3) is 0 Å². The molecular formula is C30H43NO7. The average Bonchev–Trinajstić information content (AvgIpc) is 3.36. The van der Waals surface area contributed by atoms with Crippen LogP contribution in [-0.4, -0.2) is 78.4 Å². The molecule has 0 aromatic rings. The zero-order chi connectivity index (χ0) is 27.4. The van der Waals surface area contributed by atoms with Crippen LogP contribution < -0.4 is 0 Å². The monoisotopic (exact) mass is 529 g/mol. The van der Waals surface area contributed by atoms with Crippen molar-refractivity contribution in [2.75, 3.05) is 26.9 Å². The third-order valence-corrected chi connectivity index (χ3v) is 10.9. The Labute approximate surface area is 225 Å². The van der Waals surface area contributed by atoms with Gasteiger partial charge in [0.05, 0.1) is 12.0 Å². The number of nitrogens with zero attached hydrogens (tertiary/aromatic N) is 1. The van der Waals surface area contributed by atoms with Crippen molar-refractivity contribution >= 4 is 11.9 Å². The van der Waals surface area contributed by atoms with Gasteiger partial charge in [-0.05, 0) is 74.3 Å². The molecule has 2 saturated carbocycles. The predicted molar refractivity (Wildman–Crippen MR) is 139 cm³/mol. The predicted octanol–water partition coefficient (Wildman–Crippen LogP) is 3.87. The summed E-state index contributed by atoms with van der Waals surface area (Å²) in [5, 5.41) is 13.1. The normalized spacial score (nSPS) is 44.9. The highest BCUT2D eigenvalue weighted by Gasteiger charge is 2.77. The number of fused-ring (bicyclic) bond motifs is 5. The molecule has 0 aromatic carbocycles. The van der Waals surface area contributed by atoms with E-state index < -0.39 is 35.1 Å². The molecule has 1 N–H and O–H groups in total.